The van der Waals surface area contributed by atoms with Gasteiger partial charge >= 0.3 is 0 Å². The molecule has 0 radical (unpaired) electrons. The molecule has 7 nitrogen and oxygen atoms in total. The van der Waals surface area contributed by atoms with Crippen molar-refractivity contribution in [3.8, 4) is 0 Å². The first-order chi connectivity index (χ1) is 14.6. The minimum Gasteiger partial charge on any atom is -0.444 e. The van der Waals surface area contributed by atoms with Gasteiger partial charge in [-0.1, -0.05) is 30.3 Å². The average molecular weight is 414 g/mol. The Balaban J connectivity index is 1.38. The van der Waals surface area contributed by atoms with Crippen molar-refractivity contribution in [1.82, 2.24) is 20.5 Å². The number of aliphatic imine (C=N–C) groups is 1. The third-order valence-corrected chi connectivity index (χ3v) is 5.93. The van der Waals surface area contributed by atoms with Crippen molar-refractivity contribution in [1.29, 1.82) is 0 Å². The fraction of sp³-hybridized carbons (Fsp3) is 0.565. The number of nitrogens with one attached hydrogen (secondary N) is 2. The van der Waals surface area contributed by atoms with Crippen LogP contribution in [0.5, 0.6) is 0 Å². The van der Waals surface area contributed by atoms with E-state index in [4.69, 9.17) is 4.42 Å². The predicted octanol–water partition coefficient (Wildman–Crippen LogP) is 2.44. The minimum atomic E-state index is 0.0514. The van der Waals surface area contributed by atoms with Crippen LogP contribution in [0.1, 0.15) is 41.7 Å². The van der Waals surface area contributed by atoms with Crippen molar-refractivity contribution in [2.75, 3.05) is 39.8 Å². The van der Waals surface area contributed by atoms with Crippen LogP contribution in [0.2, 0.25) is 0 Å². The Morgan fingerprint density at radius 3 is 2.57 bits per heavy atom. The molecule has 1 aliphatic heterocycles. The Kier molecular flexibility index (Phi) is 8.28. The molecule has 164 valence electrons. The summed E-state index contributed by atoms with van der Waals surface area (Å²) in [6.07, 6.45) is 2.29. The van der Waals surface area contributed by atoms with Gasteiger partial charge in [0.1, 0.15) is 5.76 Å². The highest BCUT2D eigenvalue weighted by Gasteiger charge is 2.21. The number of aliphatic hydroxyl groups is 1. The second-order valence-corrected chi connectivity index (χ2v) is 8.09. The van der Waals surface area contributed by atoms with Gasteiger partial charge in [-0.25, -0.2) is 4.98 Å². The number of aromatic nitrogens is 1. The zero-order valence-corrected chi connectivity index (χ0v) is 18.4. The van der Waals surface area contributed by atoms with Crippen LogP contribution in [0.3, 0.4) is 0 Å². The lowest BCUT2D eigenvalue weighted by Gasteiger charge is -2.31. The van der Waals surface area contributed by atoms with Crippen LogP contribution in [-0.4, -0.2) is 60.8 Å². The van der Waals surface area contributed by atoms with E-state index in [2.05, 4.69) is 25.5 Å². The second kappa shape index (κ2) is 11.1. The van der Waals surface area contributed by atoms with Gasteiger partial charge in [-0.3, -0.25) is 9.89 Å². The van der Waals surface area contributed by atoms with E-state index in [1.54, 1.807) is 7.05 Å². The summed E-state index contributed by atoms with van der Waals surface area (Å²) in [5.41, 5.74) is 2.12. The third kappa shape index (κ3) is 6.31. The Morgan fingerprint density at radius 2 is 1.97 bits per heavy atom. The second-order valence-electron chi connectivity index (χ2n) is 8.09. The number of aliphatic hydroxyl groups excluding tert-OH is 1. The van der Waals surface area contributed by atoms with Gasteiger partial charge in [0.15, 0.2) is 5.96 Å². The molecule has 0 saturated carbocycles. The highest BCUT2D eigenvalue weighted by Crippen LogP contribution is 2.19. The van der Waals surface area contributed by atoms with Gasteiger partial charge in [-0.15, -0.1) is 0 Å². The molecule has 0 bridgehead atoms. The summed E-state index contributed by atoms with van der Waals surface area (Å²) in [4.78, 5) is 11.2. The van der Waals surface area contributed by atoms with Crippen molar-refractivity contribution in [2.45, 2.75) is 39.2 Å². The van der Waals surface area contributed by atoms with Crippen LogP contribution in [0.4, 0.5) is 0 Å². The van der Waals surface area contributed by atoms with E-state index < -0.39 is 0 Å². The fourth-order valence-corrected chi connectivity index (χ4v) is 3.84. The number of guanidine groups is 1. The topological polar surface area (TPSA) is 85.9 Å². The minimum absolute atomic E-state index is 0.0514. The molecule has 0 spiro atoms. The summed E-state index contributed by atoms with van der Waals surface area (Å²) in [6.45, 7) is 8.51. The van der Waals surface area contributed by atoms with Gasteiger partial charge in [-0.2, -0.15) is 0 Å². The maximum Gasteiger partial charge on any atom is 0.208 e. The summed E-state index contributed by atoms with van der Waals surface area (Å²) < 4.78 is 5.72. The van der Waals surface area contributed by atoms with Crippen molar-refractivity contribution in [2.24, 2.45) is 10.9 Å². The van der Waals surface area contributed by atoms with E-state index in [1.807, 2.05) is 44.2 Å². The van der Waals surface area contributed by atoms with Crippen molar-refractivity contribution in [3.05, 3.63) is 53.2 Å². The quantitative estimate of drug-likeness (QED) is 0.455. The molecule has 1 unspecified atom stereocenters. The molecule has 0 aliphatic carbocycles. The largest absolute Gasteiger partial charge is 0.444 e. The number of hydrogen-bond acceptors (Lipinski definition) is 5. The predicted molar refractivity (Wildman–Crippen MR) is 120 cm³/mol. The van der Waals surface area contributed by atoms with Gasteiger partial charge in [0.2, 0.25) is 5.89 Å². The van der Waals surface area contributed by atoms with Gasteiger partial charge < -0.3 is 20.2 Å². The summed E-state index contributed by atoms with van der Waals surface area (Å²) >= 11 is 0. The maximum atomic E-state index is 9.73. The number of piperidine rings is 1. The van der Waals surface area contributed by atoms with E-state index in [-0.39, 0.29) is 12.5 Å². The van der Waals surface area contributed by atoms with Gasteiger partial charge in [0.25, 0.3) is 0 Å². The van der Waals surface area contributed by atoms with Gasteiger partial charge in [0, 0.05) is 26.1 Å². The molecule has 1 aromatic heterocycles. The zero-order chi connectivity index (χ0) is 21.3. The maximum absolute atomic E-state index is 9.73. The van der Waals surface area contributed by atoms with Crippen LogP contribution < -0.4 is 10.6 Å². The Bertz CT molecular complexity index is 778. The van der Waals surface area contributed by atoms with Gasteiger partial charge in [0.05, 0.1) is 18.8 Å². The first-order valence-corrected chi connectivity index (χ1v) is 10.8. The van der Waals surface area contributed by atoms with E-state index in [1.165, 1.54) is 0 Å². The van der Waals surface area contributed by atoms with E-state index >= 15 is 0 Å². The summed E-state index contributed by atoms with van der Waals surface area (Å²) in [5, 5.41) is 16.5. The zero-order valence-electron chi connectivity index (χ0n) is 18.4. The normalized spacial score (nSPS) is 17.1. The SMILES string of the molecule is CN=C(NCC1CCN(Cc2nc(C)c(C)o2)CC1)NCC(CO)c1ccccc1. The van der Waals surface area contributed by atoms with E-state index in [9.17, 15) is 5.11 Å². The van der Waals surface area contributed by atoms with Crippen molar-refractivity contribution in [3.63, 3.8) is 0 Å². The molecule has 3 N–H and O–H groups in total. The van der Waals surface area contributed by atoms with Crippen molar-refractivity contribution < 1.29 is 9.52 Å². The molecular formula is C23H35N5O2. The van der Waals surface area contributed by atoms with Crippen LogP contribution in [0.25, 0.3) is 0 Å². The number of hydrogen-bond donors (Lipinski definition) is 3. The summed E-state index contributed by atoms with van der Waals surface area (Å²) in [7, 11) is 1.79. The average Bonchev–Trinajstić information content (AvgIpc) is 3.09. The first kappa shape index (κ1) is 22.3. The molecule has 1 aliphatic rings. The number of nitrogens with zero attached hydrogens (tertiary/aromatic N) is 3. The lowest BCUT2D eigenvalue weighted by Crippen LogP contribution is -2.44. The molecule has 2 heterocycles. The van der Waals surface area contributed by atoms with E-state index in [0.29, 0.717) is 12.5 Å². The molecule has 1 fully saturated rings. The van der Waals surface area contributed by atoms with Gasteiger partial charge in [-0.05, 0) is 51.3 Å². The molecular weight excluding hydrogens is 378 g/mol. The molecule has 0 amide bonds. The molecule has 7 heteroatoms. The molecule has 1 atom stereocenters. The van der Waals surface area contributed by atoms with Crippen LogP contribution in [-0.2, 0) is 6.54 Å². The number of oxazole rings is 1. The molecule has 3 rings (SSSR count). The van der Waals surface area contributed by atoms with Crippen LogP contribution in [0, 0.1) is 19.8 Å². The molecule has 2 aromatic rings. The van der Waals surface area contributed by atoms with Crippen LogP contribution >= 0.6 is 0 Å². The first-order valence-electron chi connectivity index (χ1n) is 10.8. The molecule has 1 saturated heterocycles. The summed E-state index contributed by atoms with van der Waals surface area (Å²) in [6, 6.07) is 10.1. The Morgan fingerprint density at radius 1 is 1.23 bits per heavy atom. The summed E-state index contributed by atoms with van der Waals surface area (Å²) in [5.74, 6) is 3.20. The smallest absolute Gasteiger partial charge is 0.208 e. The Labute approximate surface area is 179 Å². The Hall–Kier alpha value is -2.38. The fourth-order valence-electron chi connectivity index (χ4n) is 3.84. The number of benzene rings is 1. The standard InChI is InChI=1S/C23H35N5O2/c1-17-18(2)30-22(27-17)15-28-11-9-19(10-12-28)13-25-23(24-3)26-14-21(16-29)20-7-5-4-6-8-20/h4-8,19,21,29H,9-16H2,1-3H3,(H2,24,25,26). The number of rotatable bonds is 8. The third-order valence-electron chi connectivity index (χ3n) is 5.93. The highest BCUT2D eigenvalue weighted by atomic mass is 16.4. The molecule has 30 heavy (non-hydrogen) atoms. The lowest BCUT2D eigenvalue weighted by atomic mass is 9.97. The van der Waals surface area contributed by atoms with E-state index in [0.717, 1.165) is 67.9 Å². The van der Waals surface area contributed by atoms with Crippen molar-refractivity contribution >= 4 is 5.96 Å². The monoisotopic (exact) mass is 413 g/mol. The number of likely N-dealkylation sites (tertiary alicyclic amines) is 1. The lowest BCUT2D eigenvalue weighted by molar-refractivity contribution is 0.164. The molecule has 1 aromatic carbocycles. The number of aryl methyl sites for hydroxylation is 2. The van der Waals surface area contributed by atoms with Crippen LogP contribution in [0.15, 0.2) is 39.7 Å². The highest BCUT2D eigenvalue weighted by molar-refractivity contribution is 5.79.